The second-order valence-electron chi connectivity index (χ2n) is 5.31. The Kier molecular flexibility index (Phi) is 3.85. The monoisotopic (exact) mass is 308 g/mol. The Hall–Kier alpha value is -3.08. The zero-order valence-corrected chi connectivity index (χ0v) is 12.7. The fraction of sp³-hybridized carbons (Fsp3) is 0.111. The van der Waals surface area contributed by atoms with Gasteiger partial charge in [0.25, 0.3) is 5.91 Å². The number of amides is 2. The van der Waals surface area contributed by atoms with Gasteiger partial charge in [0.15, 0.2) is 0 Å². The first-order valence-electron chi connectivity index (χ1n) is 7.19. The van der Waals surface area contributed by atoms with E-state index in [1.54, 1.807) is 19.1 Å². The van der Waals surface area contributed by atoms with Crippen molar-refractivity contribution < 1.29 is 14.3 Å². The second-order valence-corrected chi connectivity index (χ2v) is 5.31. The lowest BCUT2D eigenvalue weighted by atomic mass is 9.97. The average molecular weight is 308 g/mol. The molecule has 2 aromatic carbocycles. The minimum Gasteiger partial charge on any atom is -0.416 e. The molecule has 23 heavy (non-hydrogen) atoms. The largest absolute Gasteiger partial charge is 0.416 e. The van der Waals surface area contributed by atoms with E-state index in [1.165, 1.54) is 0 Å². The van der Waals surface area contributed by atoms with Crippen LogP contribution in [0.1, 0.15) is 22.8 Å². The molecule has 0 bridgehead atoms. The fourth-order valence-electron chi connectivity index (χ4n) is 2.56. The standard InChI is InChI=1S/C18H16N2O3/c1-11(2)23-18(22)20-13-8-6-12(7-9-13)14-4-3-5-15-16(14)10-19-17(15)21/h3-9H,1,10H2,2H3,(H,19,21)(H,20,22). The molecule has 1 aliphatic rings. The molecular weight excluding hydrogens is 292 g/mol. The summed E-state index contributed by atoms with van der Waals surface area (Å²) in [6.07, 6.45) is -0.569. The van der Waals surface area contributed by atoms with E-state index >= 15 is 0 Å². The summed E-state index contributed by atoms with van der Waals surface area (Å²) in [5.41, 5.74) is 4.34. The summed E-state index contributed by atoms with van der Waals surface area (Å²) < 4.78 is 4.85. The Morgan fingerprint density at radius 1 is 1.17 bits per heavy atom. The van der Waals surface area contributed by atoms with Crippen LogP contribution in [-0.2, 0) is 11.3 Å². The number of benzene rings is 2. The second kappa shape index (κ2) is 5.96. The van der Waals surface area contributed by atoms with Crippen molar-refractivity contribution in [2.45, 2.75) is 13.5 Å². The molecule has 0 atom stereocenters. The predicted molar refractivity (Wildman–Crippen MR) is 88.0 cm³/mol. The maximum absolute atomic E-state index is 11.7. The molecule has 116 valence electrons. The number of hydrogen-bond acceptors (Lipinski definition) is 3. The molecule has 0 unspecified atom stereocenters. The Balaban J connectivity index is 1.82. The van der Waals surface area contributed by atoms with Crippen LogP contribution in [0.15, 0.2) is 54.8 Å². The number of ether oxygens (including phenoxy) is 1. The molecule has 5 heteroatoms. The predicted octanol–water partition coefficient (Wildman–Crippen LogP) is 3.68. The number of nitrogens with one attached hydrogen (secondary N) is 2. The minimum atomic E-state index is -0.569. The van der Waals surface area contributed by atoms with Gasteiger partial charge in [0.1, 0.15) is 0 Å². The van der Waals surface area contributed by atoms with Crippen LogP contribution >= 0.6 is 0 Å². The number of carbonyl (C=O) groups excluding carboxylic acids is 2. The first kappa shape index (κ1) is 14.8. The topological polar surface area (TPSA) is 67.4 Å². The molecule has 0 saturated carbocycles. The van der Waals surface area contributed by atoms with Crippen LogP contribution in [0.2, 0.25) is 0 Å². The number of hydrogen-bond donors (Lipinski definition) is 2. The molecule has 0 radical (unpaired) electrons. The van der Waals surface area contributed by atoms with Crippen LogP contribution in [0.25, 0.3) is 11.1 Å². The van der Waals surface area contributed by atoms with Crippen molar-refractivity contribution in [3.05, 3.63) is 65.9 Å². The molecule has 2 aromatic rings. The van der Waals surface area contributed by atoms with Gasteiger partial charge in [-0.2, -0.15) is 0 Å². The summed E-state index contributed by atoms with van der Waals surface area (Å²) in [7, 11) is 0. The van der Waals surface area contributed by atoms with Gasteiger partial charge < -0.3 is 10.1 Å². The lowest BCUT2D eigenvalue weighted by molar-refractivity contribution is 0.0965. The van der Waals surface area contributed by atoms with Crippen LogP contribution in [0.5, 0.6) is 0 Å². The zero-order chi connectivity index (χ0) is 16.4. The van der Waals surface area contributed by atoms with E-state index < -0.39 is 6.09 Å². The van der Waals surface area contributed by atoms with Crippen LogP contribution in [0.4, 0.5) is 10.5 Å². The zero-order valence-electron chi connectivity index (χ0n) is 12.7. The summed E-state index contributed by atoms with van der Waals surface area (Å²) in [6.45, 7) is 5.66. The van der Waals surface area contributed by atoms with Crippen LogP contribution in [-0.4, -0.2) is 12.0 Å². The van der Waals surface area contributed by atoms with Gasteiger partial charge in [-0.15, -0.1) is 0 Å². The Morgan fingerprint density at radius 3 is 2.57 bits per heavy atom. The van der Waals surface area contributed by atoms with Crippen molar-refractivity contribution in [3.63, 3.8) is 0 Å². The Labute approximate surface area is 134 Å². The molecule has 0 aliphatic carbocycles. The van der Waals surface area contributed by atoms with E-state index in [1.807, 2.05) is 30.3 Å². The molecular formula is C18H16N2O3. The number of rotatable bonds is 3. The SMILES string of the molecule is C=C(C)OC(=O)Nc1ccc(-c2cccc3c2CNC3=O)cc1. The van der Waals surface area contributed by atoms with Crippen molar-refractivity contribution >= 4 is 17.7 Å². The highest BCUT2D eigenvalue weighted by Crippen LogP contribution is 2.29. The minimum absolute atomic E-state index is 0.0392. The van der Waals surface area contributed by atoms with Gasteiger partial charge in [-0.25, -0.2) is 4.79 Å². The van der Waals surface area contributed by atoms with Gasteiger partial charge in [0.2, 0.25) is 0 Å². The molecule has 0 spiro atoms. The van der Waals surface area contributed by atoms with Crippen LogP contribution in [0, 0.1) is 0 Å². The average Bonchev–Trinajstić information content (AvgIpc) is 2.89. The molecule has 2 amide bonds. The first-order valence-corrected chi connectivity index (χ1v) is 7.19. The highest BCUT2D eigenvalue weighted by atomic mass is 16.6. The summed E-state index contributed by atoms with van der Waals surface area (Å²) in [6, 6.07) is 13.1. The van der Waals surface area contributed by atoms with Gasteiger partial charge >= 0.3 is 6.09 Å². The van der Waals surface area contributed by atoms with Gasteiger partial charge in [-0.1, -0.05) is 30.8 Å². The normalized spacial score (nSPS) is 12.3. The smallest absolute Gasteiger partial charge is 0.416 e. The molecule has 5 nitrogen and oxygen atoms in total. The third kappa shape index (κ3) is 3.08. The van der Waals surface area contributed by atoms with Gasteiger partial charge in [0.05, 0.1) is 5.76 Å². The van der Waals surface area contributed by atoms with E-state index in [0.717, 1.165) is 22.3 Å². The molecule has 1 aliphatic heterocycles. The van der Waals surface area contributed by atoms with Crippen molar-refractivity contribution in [3.8, 4) is 11.1 Å². The number of allylic oxidation sites excluding steroid dienone is 1. The highest BCUT2D eigenvalue weighted by molar-refractivity contribution is 6.00. The molecule has 3 rings (SSSR count). The van der Waals surface area contributed by atoms with Crippen LogP contribution < -0.4 is 10.6 Å². The fourth-order valence-corrected chi connectivity index (χ4v) is 2.56. The molecule has 2 N–H and O–H groups in total. The lowest BCUT2D eigenvalue weighted by Crippen LogP contribution is -2.12. The Bertz CT molecular complexity index is 794. The number of carbonyl (C=O) groups is 2. The molecule has 0 fully saturated rings. The van der Waals surface area contributed by atoms with Crippen molar-refractivity contribution in [1.29, 1.82) is 0 Å². The summed E-state index contributed by atoms with van der Waals surface area (Å²) in [5, 5.41) is 5.45. The third-order valence-electron chi connectivity index (χ3n) is 3.56. The van der Waals surface area contributed by atoms with Crippen LogP contribution in [0.3, 0.4) is 0 Å². The first-order chi connectivity index (χ1) is 11.0. The number of anilines is 1. The lowest BCUT2D eigenvalue weighted by Gasteiger charge is -2.09. The van der Waals surface area contributed by atoms with Gasteiger partial charge in [-0.3, -0.25) is 10.1 Å². The van der Waals surface area contributed by atoms with E-state index in [0.29, 0.717) is 18.0 Å². The summed E-state index contributed by atoms with van der Waals surface area (Å²) in [4.78, 5) is 23.3. The number of fused-ring (bicyclic) bond motifs is 1. The van der Waals surface area contributed by atoms with Gasteiger partial charge in [-0.05, 0) is 41.8 Å². The Morgan fingerprint density at radius 2 is 1.87 bits per heavy atom. The molecule has 0 saturated heterocycles. The summed E-state index contributed by atoms with van der Waals surface area (Å²) in [5.74, 6) is 0.291. The maximum Gasteiger partial charge on any atom is 0.416 e. The van der Waals surface area contributed by atoms with Crippen molar-refractivity contribution in [2.75, 3.05) is 5.32 Å². The van der Waals surface area contributed by atoms with E-state index in [4.69, 9.17) is 4.74 Å². The van der Waals surface area contributed by atoms with Crippen molar-refractivity contribution in [2.24, 2.45) is 0 Å². The summed E-state index contributed by atoms with van der Waals surface area (Å²) >= 11 is 0. The quantitative estimate of drug-likeness (QED) is 0.850. The van der Waals surface area contributed by atoms with E-state index in [-0.39, 0.29) is 5.91 Å². The maximum atomic E-state index is 11.7. The van der Waals surface area contributed by atoms with E-state index in [9.17, 15) is 9.59 Å². The highest BCUT2D eigenvalue weighted by Gasteiger charge is 2.21. The van der Waals surface area contributed by atoms with Gasteiger partial charge in [0, 0.05) is 17.8 Å². The van der Waals surface area contributed by atoms with Crippen molar-refractivity contribution in [1.82, 2.24) is 5.32 Å². The molecule has 0 aromatic heterocycles. The van der Waals surface area contributed by atoms with E-state index in [2.05, 4.69) is 17.2 Å². The third-order valence-corrected chi connectivity index (χ3v) is 3.56. The molecule has 1 heterocycles.